The summed E-state index contributed by atoms with van der Waals surface area (Å²) in [4.78, 5) is 26.7. The molecule has 1 N–H and O–H groups in total. The fourth-order valence-electron chi connectivity index (χ4n) is 4.59. The lowest BCUT2D eigenvalue weighted by Crippen LogP contribution is -2.29. The Labute approximate surface area is 192 Å². The minimum Gasteiger partial charge on any atom is -0.320 e. The normalized spacial score (nSPS) is 15.2. The zero-order valence-corrected chi connectivity index (χ0v) is 19.4. The number of amides is 1. The number of benzene rings is 1. The standard InChI is InChI=1S/C24H25N5O3S/c1-15-8-10-19-18(25-15)11-12-20(26-19)23-27-21-14-16(24(30)28-33(2,31)32)9-13-22(21)29(23)17-6-4-3-5-7-17/h8-14,17H,3-7H2,1-2H3,(H,28,30). The molecule has 8 nitrogen and oxygen atoms in total. The van der Waals surface area contributed by atoms with Crippen LogP contribution in [0.4, 0.5) is 0 Å². The average Bonchev–Trinajstić information content (AvgIpc) is 3.17. The number of sulfonamides is 1. The molecule has 0 atom stereocenters. The number of hydrogen-bond donors (Lipinski definition) is 1. The number of hydrogen-bond acceptors (Lipinski definition) is 6. The van der Waals surface area contributed by atoms with Crippen molar-refractivity contribution in [2.24, 2.45) is 0 Å². The number of imidazole rings is 1. The number of nitrogens with zero attached hydrogens (tertiary/aromatic N) is 4. The van der Waals surface area contributed by atoms with Crippen molar-refractivity contribution in [3.05, 3.63) is 53.7 Å². The molecule has 0 saturated heterocycles. The van der Waals surface area contributed by atoms with Crippen molar-refractivity contribution in [2.45, 2.75) is 45.1 Å². The lowest BCUT2D eigenvalue weighted by Gasteiger charge is -2.25. The van der Waals surface area contributed by atoms with Crippen LogP contribution in [-0.2, 0) is 10.0 Å². The van der Waals surface area contributed by atoms with Gasteiger partial charge in [-0.15, -0.1) is 0 Å². The first-order valence-corrected chi connectivity index (χ1v) is 13.0. The molecule has 170 valence electrons. The maximum atomic E-state index is 12.4. The molecule has 0 bridgehead atoms. The predicted molar refractivity (Wildman–Crippen MR) is 127 cm³/mol. The smallest absolute Gasteiger partial charge is 0.264 e. The molecule has 1 aliphatic rings. The number of rotatable bonds is 4. The van der Waals surface area contributed by atoms with Crippen LogP contribution in [0.2, 0.25) is 0 Å². The Bertz CT molecular complexity index is 1490. The highest BCUT2D eigenvalue weighted by molar-refractivity contribution is 7.89. The molecule has 1 fully saturated rings. The summed E-state index contributed by atoms with van der Waals surface area (Å²) in [6, 6.07) is 13.2. The summed E-state index contributed by atoms with van der Waals surface area (Å²) in [5, 5.41) is 0. The maximum Gasteiger partial charge on any atom is 0.264 e. The van der Waals surface area contributed by atoms with E-state index in [0.29, 0.717) is 11.6 Å². The first-order valence-electron chi connectivity index (χ1n) is 11.1. The van der Waals surface area contributed by atoms with E-state index >= 15 is 0 Å². The lowest BCUT2D eigenvalue weighted by molar-refractivity contribution is 0.0982. The minimum atomic E-state index is -3.65. The minimum absolute atomic E-state index is 0.249. The zero-order valence-electron chi connectivity index (χ0n) is 18.6. The van der Waals surface area contributed by atoms with Crippen molar-refractivity contribution < 1.29 is 13.2 Å². The Kier molecular flexibility index (Phi) is 5.36. The fraction of sp³-hybridized carbons (Fsp3) is 0.333. The average molecular weight is 464 g/mol. The van der Waals surface area contributed by atoms with Crippen LogP contribution in [0.3, 0.4) is 0 Å². The van der Waals surface area contributed by atoms with Crippen LogP contribution < -0.4 is 4.72 Å². The van der Waals surface area contributed by atoms with Gasteiger partial charge in [-0.1, -0.05) is 19.3 Å². The first kappa shape index (κ1) is 21.5. The summed E-state index contributed by atoms with van der Waals surface area (Å²) in [6.07, 6.45) is 6.63. The molecule has 1 amide bonds. The third-order valence-electron chi connectivity index (χ3n) is 6.08. The van der Waals surface area contributed by atoms with Gasteiger partial charge in [0.1, 0.15) is 5.69 Å². The molecule has 3 aromatic heterocycles. The summed E-state index contributed by atoms with van der Waals surface area (Å²) < 4.78 is 27.2. The largest absolute Gasteiger partial charge is 0.320 e. The van der Waals surface area contributed by atoms with E-state index in [0.717, 1.165) is 65.7 Å². The van der Waals surface area contributed by atoms with E-state index in [-0.39, 0.29) is 5.56 Å². The van der Waals surface area contributed by atoms with E-state index in [9.17, 15) is 13.2 Å². The number of fused-ring (bicyclic) bond motifs is 2. The fourth-order valence-corrected chi connectivity index (χ4v) is 5.05. The summed E-state index contributed by atoms with van der Waals surface area (Å²) in [5.74, 6) is 0.0819. The molecule has 3 heterocycles. The van der Waals surface area contributed by atoms with Crippen molar-refractivity contribution >= 4 is 38.0 Å². The Morgan fingerprint density at radius 1 is 0.939 bits per heavy atom. The molecular weight excluding hydrogens is 438 g/mol. The molecule has 1 aromatic carbocycles. The van der Waals surface area contributed by atoms with Crippen LogP contribution in [0.15, 0.2) is 42.5 Å². The maximum absolute atomic E-state index is 12.4. The molecule has 9 heteroatoms. The SMILES string of the molecule is Cc1ccc2nc(-c3nc4cc(C(=O)NS(C)(=O)=O)ccc4n3C3CCCCC3)ccc2n1. The van der Waals surface area contributed by atoms with E-state index in [1.807, 2.05) is 42.0 Å². The monoisotopic (exact) mass is 463 g/mol. The molecule has 33 heavy (non-hydrogen) atoms. The Hall–Kier alpha value is -3.33. The molecule has 0 spiro atoms. The molecule has 1 saturated carbocycles. The van der Waals surface area contributed by atoms with E-state index in [2.05, 4.69) is 9.55 Å². The van der Waals surface area contributed by atoms with Crippen LogP contribution >= 0.6 is 0 Å². The van der Waals surface area contributed by atoms with Gasteiger partial charge in [-0.3, -0.25) is 9.78 Å². The number of aryl methyl sites for hydroxylation is 1. The highest BCUT2D eigenvalue weighted by Crippen LogP contribution is 2.36. The van der Waals surface area contributed by atoms with E-state index in [1.54, 1.807) is 12.1 Å². The Morgan fingerprint density at radius 2 is 1.67 bits per heavy atom. The van der Waals surface area contributed by atoms with Gasteiger partial charge in [0.05, 0.1) is 28.3 Å². The number of aromatic nitrogens is 4. The topological polar surface area (TPSA) is 107 Å². The number of carbonyl (C=O) groups excluding carboxylic acids is 1. The lowest BCUT2D eigenvalue weighted by atomic mass is 9.95. The quantitative estimate of drug-likeness (QED) is 0.487. The van der Waals surface area contributed by atoms with Crippen LogP contribution in [0.1, 0.15) is 54.2 Å². The van der Waals surface area contributed by atoms with Crippen molar-refractivity contribution in [3.63, 3.8) is 0 Å². The van der Waals surface area contributed by atoms with Gasteiger partial charge in [-0.2, -0.15) is 0 Å². The summed E-state index contributed by atoms with van der Waals surface area (Å²) in [5.41, 5.74) is 5.12. The molecule has 0 aliphatic heterocycles. The van der Waals surface area contributed by atoms with Crippen molar-refractivity contribution in [2.75, 3.05) is 6.26 Å². The predicted octanol–water partition coefficient (Wildman–Crippen LogP) is 4.15. The van der Waals surface area contributed by atoms with Gasteiger partial charge in [0.2, 0.25) is 10.0 Å². The summed E-state index contributed by atoms with van der Waals surface area (Å²) in [7, 11) is -3.65. The third kappa shape index (κ3) is 4.32. The molecular formula is C24H25N5O3S. The number of nitrogens with one attached hydrogen (secondary N) is 1. The van der Waals surface area contributed by atoms with Gasteiger partial charge >= 0.3 is 0 Å². The summed E-state index contributed by atoms with van der Waals surface area (Å²) >= 11 is 0. The van der Waals surface area contributed by atoms with Crippen molar-refractivity contribution in [1.29, 1.82) is 0 Å². The van der Waals surface area contributed by atoms with Crippen LogP contribution in [0.5, 0.6) is 0 Å². The number of carbonyl (C=O) groups is 1. The highest BCUT2D eigenvalue weighted by Gasteiger charge is 2.24. The van der Waals surface area contributed by atoms with Crippen LogP contribution in [-0.4, -0.2) is 40.1 Å². The zero-order chi connectivity index (χ0) is 23.2. The van der Waals surface area contributed by atoms with E-state index < -0.39 is 15.9 Å². The molecule has 0 unspecified atom stereocenters. The second-order valence-corrected chi connectivity index (χ2v) is 10.4. The second-order valence-electron chi connectivity index (χ2n) is 8.69. The van der Waals surface area contributed by atoms with Gasteiger partial charge in [-0.05, 0) is 62.2 Å². The third-order valence-corrected chi connectivity index (χ3v) is 6.64. The van der Waals surface area contributed by atoms with Crippen LogP contribution in [0, 0.1) is 6.92 Å². The van der Waals surface area contributed by atoms with E-state index in [1.165, 1.54) is 6.42 Å². The molecule has 4 aromatic rings. The highest BCUT2D eigenvalue weighted by atomic mass is 32.2. The summed E-state index contributed by atoms with van der Waals surface area (Å²) in [6.45, 7) is 1.95. The first-order chi connectivity index (χ1) is 15.8. The van der Waals surface area contributed by atoms with Crippen molar-refractivity contribution in [3.8, 4) is 11.5 Å². The Morgan fingerprint density at radius 3 is 2.42 bits per heavy atom. The molecule has 1 aliphatic carbocycles. The van der Waals surface area contributed by atoms with Gasteiger partial charge in [0.25, 0.3) is 5.91 Å². The molecule has 0 radical (unpaired) electrons. The molecule has 5 rings (SSSR count). The second kappa shape index (κ2) is 8.22. The van der Waals surface area contributed by atoms with Gasteiger partial charge < -0.3 is 4.57 Å². The van der Waals surface area contributed by atoms with Gasteiger partial charge in [-0.25, -0.2) is 23.1 Å². The van der Waals surface area contributed by atoms with E-state index in [4.69, 9.17) is 9.97 Å². The van der Waals surface area contributed by atoms with Crippen LogP contribution in [0.25, 0.3) is 33.6 Å². The van der Waals surface area contributed by atoms with Gasteiger partial charge in [0, 0.05) is 17.3 Å². The number of pyridine rings is 2. The Balaban J connectivity index is 1.66. The van der Waals surface area contributed by atoms with Crippen molar-refractivity contribution in [1.82, 2.24) is 24.2 Å². The van der Waals surface area contributed by atoms with Gasteiger partial charge in [0.15, 0.2) is 5.82 Å².